The van der Waals surface area contributed by atoms with Gasteiger partial charge in [-0.15, -0.1) is 0 Å². The number of ether oxygens (including phenoxy) is 1. The molecule has 20 heavy (non-hydrogen) atoms. The van der Waals surface area contributed by atoms with Gasteiger partial charge in [-0.2, -0.15) is 0 Å². The van der Waals surface area contributed by atoms with Gasteiger partial charge < -0.3 is 15.4 Å². The van der Waals surface area contributed by atoms with Crippen LogP contribution >= 0.6 is 0 Å². The molecule has 0 aliphatic carbocycles. The standard InChI is InChI=1S/C16H30N2O2/c1-7-8-9-15(6)12(19)17-16(20-15)10-13(2,3)18-14(4,5)11-16/h18H,7-11H2,1-6H3,(H,17,19). The Morgan fingerprint density at radius 2 is 1.65 bits per heavy atom. The first kappa shape index (κ1) is 15.8. The van der Waals surface area contributed by atoms with E-state index in [1.165, 1.54) is 0 Å². The molecule has 2 rings (SSSR count). The molecule has 4 nitrogen and oxygen atoms in total. The molecule has 0 saturated carbocycles. The van der Waals surface area contributed by atoms with E-state index < -0.39 is 11.3 Å². The van der Waals surface area contributed by atoms with Gasteiger partial charge in [-0.3, -0.25) is 4.79 Å². The minimum absolute atomic E-state index is 0.0506. The molecule has 2 saturated heterocycles. The van der Waals surface area contributed by atoms with Crippen LogP contribution in [0.4, 0.5) is 0 Å². The van der Waals surface area contributed by atoms with Crippen LogP contribution in [-0.4, -0.2) is 28.3 Å². The Bertz CT molecular complexity index is 387. The van der Waals surface area contributed by atoms with E-state index in [1.54, 1.807) is 0 Å². The summed E-state index contributed by atoms with van der Waals surface area (Å²) in [6.07, 6.45) is 4.50. The monoisotopic (exact) mass is 282 g/mol. The van der Waals surface area contributed by atoms with Crippen molar-refractivity contribution in [3.8, 4) is 0 Å². The molecule has 2 aliphatic heterocycles. The third-order valence-electron chi connectivity index (χ3n) is 4.38. The Morgan fingerprint density at radius 1 is 1.10 bits per heavy atom. The average Bonchev–Trinajstić information content (AvgIpc) is 2.42. The lowest BCUT2D eigenvalue weighted by molar-refractivity contribution is -0.155. The zero-order valence-corrected chi connectivity index (χ0v) is 13.9. The van der Waals surface area contributed by atoms with E-state index in [1.807, 2.05) is 6.92 Å². The molecular weight excluding hydrogens is 252 g/mol. The van der Waals surface area contributed by atoms with Gasteiger partial charge in [-0.1, -0.05) is 19.8 Å². The van der Waals surface area contributed by atoms with Crippen LogP contribution in [0.5, 0.6) is 0 Å². The van der Waals surface area contributed by atoms with Gasteiger partial charge in [-0.05, 0) is 41.0 Å². The van der Waals surface area contributed by atoms with Crippen molar-refractivity contribution in [3.63, 3.8) is 0 Å². The maximum Gasteiger partial charge on any atom is 0.254 e. The Balaban J connectivity index is 2.22. The first-order chi connectivity index (χ1) is 9.02. The molecule has 2 fully saturated rings. The van der Waals surface area contributed by atoms with Gasteiger partial charge in [0.2, 0.25) is 0 Å². The van der Waals surface area contributed by atoms with E-state index >= 15 is 0 Å². The van der Waals surface area contributed by atoms with E-state index in [2.05, 4.69) is 45.3 Å². The fraction of sp³-hybridized carbons (Fsp3) is 0.938. The SMILES string of the molecule is CCCCC1(C)OC2(CC(C)(C)NC(C)(C)C2)NC1=O. The average molecular weight is 282 g/mol. The molecule has 1 spiro atoms. The number of unbranched alkanes of at least 4 members (excludes halogenated alkanes) is 1. The maximum absolute atomic E-state index is 12.4. The minimum Gasteiger partial charge on any atom is -0.340 e. The lowest BCUT2D eigenvalue weighted by atomic mass is 9.77. The molecule has 0 aromatic rings. The molecule has 0 bridgehead atoms. The number of piperidine rings is 1. The summed E-state index contributed by atoms with van der Waals surface area (Å²) in [4.78, 5) is 12.4. The van der Waals surface area contributed by atoms with Crippen molar-refractivity contribution >= 4 is 5.91 Å². The predicted molar refractivity (Wildman–Crippen MR) is 80.4 cm³/mol. The van der Waals surface area contributed by atoms with E-state index in [-0.39, 0.29) is 17.0 Å². The first-order valence-corrected chi connectivity index (χ1v) is 7.84. The molecule has 2 N–H and O–H groups in total. The van der Waals surface area contributed by atoms with Crippen LogP contribution in [0.15, 0.2) is 0 Å². The fourth-order valence-corrected chi connectivity index (χ4v) is 4.18. The van der Waals surface area contributed by atoms with Crippen molar-refractivity contribution in [2.45, 2.75) is 96.1 Å². The van der Waals surface area contributed by atoms with Crippen LogP contribution in [-0.2, 0) is 9.53 Å². The molecule has 1 atom stereocenters. The topological polar surface area (TPSA) is 50.4 Å². The lowest BCUT2D eigenvalue weighted by Crippen LogP contribution is -2.66. The summed E-state index contributed by atoms with van der Waals surface area (Å²) < 4.78 is 6.36. The molecule has 116 valence electrons. The Kier molecular flexibility index (Phi) is 3.71. The van der Waals surface area contributed by atoms with Gasteiger partial charge in [0, 0.05) is 23.9 Å². The smallest absolute Gasteiger partial charge is 0.254 e. The van der Waals surface area contributed by atoms with Crippen molar-refractivity contribution in [1.29, 1.82) is 0 Å². The minimum atomic E-state index is -0.667. The lowest BCUT2D eigenvalue weighted by Gasteiger charge is -2.51. The highest BCUT2D eigenvalue weighted by molar-refractivity contribution is 5.87. The molecule has 0 aromatic carbocycles. The molecule has 4 heteroatoms. The molecular formula is C16H30N2O2. The first-order valence-electron chi connectivity index (χ1n) is 7.84. The van der Waals surface area contributed by atoms with Gasteiger partial charge in [0.25, 0.3) is 5.91 Å². The summed E-state index contributed by atoms with van der Waals surface area (Å²) >= 11 is 0. The normalized spacial score (nSPS) is 34.2. The van der Waals surface area contributed by atoms with Crippen LogP contribution in [0.25, 0.3) is 0 Å². The third kappa shape index (κ3) is 3.01. The maximum atomic E-state index is 12.4. The fourth-order valence-electron chi connectivity index (χ4n) is 4.18. The summed E-state index contributed by atoms with van der Waals surface area (Å²) in [5.41, 5.74) is -1.28. The number of rotatable bonds is 3. The number of hydrogen-bond donors (Lipinski definition) is 2. The second-order valence-electron chi connectivity index (χ2n) is 8.13. The van der Waals surface area contributed by atoms with Crippen molar-refractivity contribution in [3.05, 3.63) is 0 Å². The second-order valence-corrected chi connectivity index (χ2v) is 8.13. The summed E-state index contributed by atoms with van der Waals surface area (Å²) in [5.74, 6) is 0.0550. The molecule has 0 radical (unpaired) electrons. The molecule has 1 unspecified atom stereocenters. The molecule has 2 aliphatic rings. The van der Waals surface area contributed by atoms with E-state index in [0.29, 0.717) is 0 Å². The summed E-state index contributed by atoms with van der Waals surface area (Å²) in [6.45, 7) is 12.8. The highest BCUT2D eigenvalue weighted by atomic mass is 16.6. The predicted octanol–water partition coefficient (Wildman–Crippen LogP) is 2.72. The van der Waals surface area contributed by atoms with Crippen LogP contribution in [0.2, 0.25) is 0 Å². The summed E-state index contributed by atoms with van der Waals surface area (Å²) in [7, 11) is 0. The number of carbonyl (C=O) groups is 1. The van der Waals surface area contributed by atoms with Crippen LogP contribution in [0.3, 0.4) is 0 Å². The molecule has 2 heterocycles. The van der Waals surface area contributed by atoms with E-state index in [0.717, 1.165) is 32.1 Å². The van der Waals surface area contributed by atoms with E-state index in [4.69, 9.17) is 4.74 Å². The van der Waals surface area contributed by atoms with Crippen molar-refractivity contribution in [2.75, 3.05) is 0 Å². The molecule has 1 amide bonds. The van der Waals surface area contributed by atoms with Gasteiger partial charge >= 0.3 is 0 Å². The highest BCUT2D eigenvalue weighted by Gasteiger charge is 2.58. The zero-order valence-electron chi connectivity index (χ0n) is 13.9. The van der Waals surface area contributed by atoms with Crippen LogP contribution in [0, 0.1) is 0 Å². The highest BCUT2D eigenvalue weighted by Crippen LogP contribution is 2.43. The largest absolute Gasteiger partial charge is 0.340 e. The zero-order chi connectivity index (χ0) is 15.2. The third-order valence-corrected chi connectivity index (χ3v) is 4.38. The van der Waals surface area contributed by atoms with Crippen LogP contribution < -0.4 is 10.6 Å². The quantitative estimate of drug-likeness (QED) is 0.837. The van der Waals surface area contributed by atoms with E-state index in [9.17, 15) is 4.79 Å². The Labute approximate surface area is 123 Å². The summed E-state index contributed by atoms with van der Waals surface area (Å²) in [6, 6.07) is 0. The second kappa shape index (κ2) is 4.70. The van der Waals surface area contributed by atoms with Crippen LogP contribution in [0.1, 0.15) is 73.6 Å². The van der Waals surface area contributed by atoms with Gasteiger partial charge in [0.05, 0.1) is 0 Å². The Hall–Kier alpha value is -0.610. The van der Waals surface area contributed by atoms with Gasteiger partial charge in [0.15, 0.2) is 0 Å². The van der Waals surface area contributed by atoms with Crippen molar-refractivity contribution in [1.82, 2.24) is 10.6 Å². The van der Waals surface area contributed by atoms with Crippen molar-refractivity contribution in [2.24, 2.45) is 0 Å². The number of hydrogen-bond acceptors (Lipinski definition) is 3. The number of nitrogens with one attached hydrogen (secondary N) is 2. The van der Waals surface area contributed by atoms with Gasteiger partial charge in [0.1, 0.15) is 11.3 Å². The Morgan fingerprint density at radius 3 is 2.15 bits per heavy atom. The summed E-state index contributed by atoms with van der Waals surface area (Å²) in [5, 5.41) is 6.82. The molecule has 0 aromatic heterocycles. The van der Waals surface area contributed by atoms with Crippen molar-refractivity contribution < 1.29 is 9.53 Å². The number of amides is 1. The number of carbonyl (C=O) groups excluding carboxylic acids is 1. The van der Waals surface area contributed by atoms with Gasteiger partial charge in [-0.25, -0.2) is 0 Å².